The minimum Gasteiger partial charge on any atom is -0.489 e. The van der Waals surface area contributed by atoms with Crippen molar-refractivity contribution in [3.05, 3.63) is 65.5 Å². The Morgan fingerprint density at radius 2 is 1.71 bits per heavy atom. The molecule has 0 fully saturated rings. The molecule has 0 spiro atoms. The van der Waals surface area contributed by atoms with E-state index < -0.39 is 12.3 Å². The summed E-state index contributed by atoms with van der Waals surface area (Å²) in [5.74, 6) is -0.186. The van der Waals surface area contributed by atoms with Crippen LogP contribution in [0.1, 0.15) is 17.2 Å². The van der Waals surface area contributed by atoms with E-state index in [1.54, 1.807) is 0 Å². The van der Waals surface area contributed by atoms with Crippen LogP contribution in [0, 0.1) is 5.82 Å². The normalized spacial score (nSPS) is 13.0. The zero-order valence-corrected chi connectivity index (χ0v) is 10.8. The number of halogens is 4. The fraction of sp³-hybridized carbons (Fsp3) is 0.200. The van der Waals surface area contributed by atoms with Gasteiger partial charge in [0.05, 0.1) is 0 Å². The van der Waals surface area contributed by atoms with Crippen LogP contribution in [0.15, 0.2) is 48.5 Å². The van der Waals surface area contributed by atoms with Crippen LogP contribution in [0.2, 0.25) is 0 Å². The van der Waals surface area contributed by atoms with E-state index in [1.807, 2.05) is 0 Å². The van der Waals surface area contributed by atoms with E-state index in [0.29, 0.717) is 5.56 Å². The number of benzene rings is 2. The highest BCUT2D eigenvalue weighted by atomic mass is 19.4. The summed E-state index contributed by atoms with van der Waals surface area (Å²) >= 11 is 0. The van der Waals surface area contributed by atoms with Gasteiger partial charge in [0.25, 0.3) is 0 Å². The van der Waals surface area contributed by atoms with Crippen LogP contribution in [0.4, 0.5) is 17.6 Å². The maximum atomic E-state index is 12.7. The van der Waals surface area contributed by atoms with Crippen LogP contribution < -0.4 is 4.74 Å². The Hall–Kier alpha value is -2.08. The molecule has 0 aliphatic carbocycles. The predicted molar refractivity (Wildman–Crippen MR) is 68.2 cm³/mol. The predicted octanol–water partition coefficient (Wildman–Crippen LogP) is 4.00. The van der Waals surface area contributed by atoms with Crippen molar-refractivity contribution in [2.75, 3.05) is 0 Å². The minimum atomic E-state index is -4.73. The van der Waals surface area contributed by atoms with Gasteiger partial charge in [-0.3, -0.25) is 0 Å². The summed E-state index contributed by atoms with van der Waals surface area (Å²) in [6.07, 6.45) is -7.28. The number of alkyl halides is 3. The van der Waals surface area contributed by atoms with Crippen molar-refractivity contribution in [1.29, 1.82) is 0 Å². The van der Waals surface area contributed by atoms with Crippen LogP contribution in [0.25, 0.3) is 0 Å². The Bertz CT molecular complexity index is 593. The number of hydrogen-bond donors (Lipinski definition) is 1. The molecule has 0 radical (unpaired) electrons. The largest absolute Gasteiger partial charge is 0.489 e. The Kier molecular flexibility index (Phi) is 4.47. The molecular formula is C15H12F4O2. The van der Waals surface area contributed by atoms with Gasteiger partial charge in [0.2, 0.25) is 0 Å². The van der Waals surface area contributed by atoms with Gasteiger partial charge in [-0.05, 0) is 35.4 Å². The molecule has 2 aromatic rings. The van der Waals surface area contributed by atoms with E-state index >= 15 is 0 Å². The molecule has 0 saturated heterocycles. The zero-order valence-electron chi connectivity index (χ0n) is 10.8. The molecule has 0 saturated carbocycles. The van der Waals surface area contributed by atoms with Crippen molar-refractivity contribution in [3.8, 4) is 5.75 Å². The van der Waals surface area contributed by atoms with E-state index in [2.05, 4.69) is 0 Å². The molecule has 2 nitrogen and oxygen atoms in total. The smallest absolute Gasteiger partial charge is 0.418 e. The standard InChI is InChI=1S/C15H12F4O2/c16-12-6-4-10(5-7-12)9-21-13-3-1-2-11(8-13)14(20)15(17,18)19/h1-8,14,20H,9H2. The summed E-state index contributed by atoms with van der Waals surface area (Å²) < 4.78 is 55.3. The van der Waals surface area contributed by atoms with Crippen molar-refractivity contribution in [2.24, 2.45) is 0 Å². The fourth-order valence-corrected chi connectivity index (χ4v) is 1.71. The number of hydrogen-bond acceptors (Lipinski definition) is 2. The minimum absolute atomic E-state index is 0.0891. The molecule has 6 heteroatoms. The molecule has 0 bridgehead atoms. The van der Waals surface area contributed by atoms with Crippen molar-refractivity contribution in [2.45, 2.75) is 18.9 Å². The van der Waals surface area contributed by atoms with Crippen LogP contribution in [-0.2, 0) is 6.61 Å². The molecule has 0 amide bonds. The molecule has 0 aliphatic rings. The highest BCUT2D eigenvalue weighted by molar-refractivity contribution is 5.31. The Labute approximate surface area is 118 Å². The van der Waals surface area contributed by atoms with E-state index in [-0.39, 0.29) is 23.7 Å². The first-order chi connectivity index (χ1) is 9.86. The molecule has 1 unspecified atom stereocenters. The number of aliphatic hydroxyl groups excluding tert-OH is 1. The van der Waals surface area contributed by atoms with Crippen LogP contribution in [-0.4, -0.2) is 11.3 Å². The van der Waals surface area contributed by atoms with Crippen molar-refractivity contribution in [3.63, 3.8) is 0 Å². The monoisotopic (exact) mass is 300 g/mol. The van der Waals surface area contributed by atoms with Gasteiger partial charge in [-0.1, -0.05) is 24.3 Å². The zero-order chi connectivity index (χ0) is 15.5. The molecule has 2 rings (SSSR count). The number of ether oxygens (including phenoxy) is 1. The van der Waals surface area contributed by atoms with E-state index in [9.17, 15) is 22.7 Å². The van der Waals surface area contributed by atoms with Gasteiger partial charge in [-0.25, -0.2) is 4.39 Å². The van der Waals surface area contributed by atoms with Gasteiger partial charge in [0.15, 0.2) is 6.10 Å². The summed E-state index contributed by atoms with van der Waals surface area (Å²) in [5.41, 5.74) is 0.386. The first-order valence-electron chi connectivity index (χ1n) is 6.08. The lowest BCUT2D eigenvalue weighted by atomic mass is 10.1. The quantitative estimate of drug-likeness (QED) is 0.865. The lowest BCUT2D eigenvalue weighted by molar-refractivity contribution is -0.206. The molecule has 0 heterocycles. The maximum absolute atomic E-state index is 12.7. The second-order valence-electron chi connectivity index (χ2n) is 4.43. The molecule has 21 heavy (non-hydrogen) atoms. The fourth-order valence-electron chi connectivity index (χ4n) is 1.71. The summed E-state index contributed by atoms with van der Waals surface area (Å²) in [7, 11) is 0. The SMILES string of the molecule is OC(c1cccc(OCc2ccc(F)cc2)c1)C(F)(F)F. The molecular weight excluding hydrogens is 288 g/mol. The molecule has 112 valence electrons. The third kappa shape index (κ3) is 4.19. The second kappa shape index (κ2) is 6.13. The third-order valence-corrected chi connectivity index (χ3v) is 2.80. The van der Waals surface area contributed by atoms with E-state index in [4.69, 9.17) is 4.74 Å². The molecule has 1 N–H and O–H groups in total. The first kappa shape index (κ1) is 15.3. The van der Waals surface area contributed by atoms with Crippen LogP contribution >= 0.6 is 0 Å². The van der Waals surface area contributed by atoms with Crippen molar-refractivity contribution in [1.82, 2.24) is 0 Å². The maximum Gasteiger partial charge on any atom is 0.418 e. The first-order valence-corrected chi connectivity index (χ1v) is 6.08. The molecule has 2 aromatic carbocycles. The average molecular weight is 300 g/mol. The Morgan fingerprint density at radius 3 is 2.33 bits per heavy atom. The lowest BCUT2D eigenvalue weighted by Crippen LogP contribution is -2.20. The van der Waals surface area contributed by atoms with Gasteiger partial charge in [-0.15, -0.1) is 0 Å². The summed E-state index contributed by atoms with van der Waals surface area (Å²) in [4.78, 5) is 0. The van der Waals surface area contributed by atoms with Gasteiger partial charge in [0.1, 0.15) is 18.2 Å². The third-order valence-electron chi connectivity index (χ3n) is 2.80. The number of rotatable bonds is 4. The second-order valence-corrected chi connectivity index (χ2v) is 4.43. The highest BCUT2D eigenvalue weighted by Gasteiger charge is 2.39. The van der Waals surface area contributed by atoms with Gasteiger partial charge < -0.3 is 9.84 Å². The molecule has 1 atom stereocenters. The Balaban J connectivity index is 2.06. The summed E-state index contributed by atoms with van der Waals surface area (Å²) in [5, 5.41) is 9.18. The molecule has 0 aromatic heterocycles. The van der Waals surface area contributed by atoms with Crippen molar-refractivity contribution < 1.29 is 27.4 Å². The highest BCUT2D eigenvalue weighted by Crippen LogP contribution is 2.33. The van der Waals surface area contributed by atoms with Gasteiger partial charge in [-0.2, -0.15) is 13.2 Å². The average Bonchev–Trinajstić information content (AvgIpc) is 2.45. The van der Waals surface area contributed by atoms with Gasteiger partial charge >= 0.3 is 6.18 Å². The molecule has 0 aliphatic heterocycles. The summed E-state index contributed by atoms with van der Waals surface area (Å²) in [6, 6.07) is 10.7. The van der Waals surface area contributed by atoms with Crippen molar-refractivity contribution >= 4 is 0 Å². The van der Waals surface area contributed by atoms with Gasteiger partial charge in [0, 0.05) is 0 Å². The topological polar surface area (TPSA) is 29.5 Å². The lowest BCUT2D eigenvalue weighted by Gasteiger charge is -2.15. The van der Waals surface area contributed by atoms with Crippen LogP contribution in [0.3, 0.4) is 0 Å². The summed E-state index contributed by atoms with van der Waals surface area (Å²) in [6.45, 7) is 0.0891. The van der Waals surface area contributed by atoms with E-state index in [0.717, 1.165) is 6.07 Å². The number of aliphatic hydroxyl groups is 1. The Morgan fingerprint density at radius 1 is 1.05 bits per heavy atom. The van der Waals surface area contributed by atoms with Crippen LogP contribution in [0.5, 0.6) is 5.75 Å². The van der Waals surface area contributed by atoms with E-state index in [1.165, 1.54) is 42.5 Å².